The normalized spacial score (nSPS) is 10.6. The summed E-state index contributed by atoms with van der Waals surface area (Å²) >= 11 is 3.27. The van der Waals surface area contributed by atoms with Crippen molar-refractivity contribution in [2.24, 2.45) is 0 Å². The fourth-order valence-electron chi connectivity index (χ4n) is 1.97. The molecule has 0 aliphatic rings. The highest BCUT2D eigenvalue weighted by molar-refractivity contribution is 9.10. The number of nitrogens with one attached hydrogen (secondary N) is 1. The van der Waals surface area contributed by atoms with Gasteiger partial charge in [-0.25, -0.2) is 4.39 Å². The molecule has 0 aliphatic carbocycles. The van der Waals surface area contributed by atoms with E-state index in [1.165, 1.54) is 24.3 Å². The Morgan fingerprint density at radius 3 is 2.55 bits per heavy atom. The molecule has 0 bridgehead atoms. The van der Waals surface area contributed by atoms with E-state index in [1.54, 1.807) is 18.2 Å². The third kappa shape index (κ3) is 2.92. The highest BCUT2D eigenvalue weighted by atomic mass is 79.9. The molecule has 1 aromatic heterocycles. The Balaban J connectivity index is 1.96. The van der Waals surface area contributed by atoms with Crippen LogP contribution in [0.1, 0.15) is 10.6 Å². The van der Waals surface area contributed by atoms with E-state index in [2.05, 4.69) is 21.2 Å². The molecule has 6 heteroatoms. The zero-order chi connectivity index (χ0) is 15.7. The number of carbonyl (C=O) groups excluding carboxylic acids is 1. The summed E-state index contributed by atoms with van der Waals surface area (Å²) in [5.41, 5.74) is 0.414. The Morgan fingerprint density at radius 1 is 1.09 bits per heavy atom. The first-order chi connectivity index (χ1) is 10.5. The largest absolute Gasteiger partial charge is 0.451 e. The maximum absolute atomic E-state index is 12.8. The lowest BCUT2D eigenvalue weighted by Crippen LogP contribution is -2.14. The van der Waals surface area contributed by atoms with E-state index in [9.17, 15) is 14.0 Å². The molecule has 1 heterocycles. The number of carbonyl (C=O) groups is 1. The van der Waals surface area contributed by atoms with Crippen LogP contribution in [0.2, 0.25) is 0 Å². The molecule has 22 heavy (non-hydrogen) atoms. The number of fused-ring (bicyclic) bond motifs is 1. The lowest BCUT2D eigenvalue weighted by molar-refractivity contribution is 0.0997. The van der Waals surface area contributed by atoms with Crippen LogP contribution in [0.4, 0.5) is 10.1 Å². The first-order valence-corrected chi connectivity index (χ1v) is 7.12. The molecular formula is C16H9BrFNO3. The van der Waals surface area contributed by atoms with Crippen molar-refractivity contribution in [3.05, 3.63) is 74.8 Å². The minimum atomic E-state index is -0.575. The number of amides is 1. The van der Waals surface area contributed by atoms with Gasteiger partial charge in [-0.15, -0.1) is 0 Å². The summed E-state index contributed by atoms with van der Waals surface area (Å²) in [5.74, 6) is -1.08. The van der Waals surface area contributed by atoms with E-state index in [1.807, 2.05) is 0 Å². The van der Waals surface area contributed by atoms with Gasteiger partial charge in [0.15, 0.2) is 11.2 Å². The van der Waals surface area contributed by atoms with Gasteiger partial charge in [0.25, 0.3) is 5.91 Å². The lowest BCUT2D eigenvalue weighted by Gasteiger charge is -2.05. The minimum Gasteiger partial charge on any atom is -0.451 e. The third-order valence-corrected chi connectivity index (χ3v) is 3.51. The summed E-state index contributed by atoms with van der Waals surface area (Å²) < 4.78 is 19.0. The predicted octanol–water partition coefficient (Wildman–Crippen LogP) is 3.95. The van der Waals surface area contributed by atoms with Crippen molar-refractivity contribution in [3.8, 4) is 0 Å². The highest BCUT2D eigenvalue weighted by Gasteiger charge is 2.13. The van der Waals surface area contributed by atoms with Crippen LogP contribution in [0.3, 0.4) is 0 Å². The van der Waals surface area contributed by atoms with Crippen molar-refractivity contribution in [3.63, 3.8) is 0 Å². The van der Waals surface area contributed by atoms with Gasteiger partial charge in [-0.05, 0) is 42.5 Å². The van der Waals surface area contributed by atoms with E-state index in [0.29, 0.717) is 16.7 Å². The summed E-state index contributed by atoms with van der Waals surface area (Å²) in [4.78, 5) is 24.2. The molecule has 3 aromatic rings. The summed E-state index contributed by atoms with van der Waals surface area (Å²) in [6.07, 6.45) is 0. The first kappa shape index (κ1) is 14.5. The van der Waals surface area contributed by atoms with Crippen LogP contribution < -0.4 is 10.7 Å². The van der Waals surface area contributed by atoms with Gasteiger partial charge in [0.05, 0.1) is 5.39 Å². The Hall–Kier alpha value is -2.47. The van der Waals surface area contributed by atoms with Crippen LogP contribution in [-0.4, -0.2) is 5.91 Å². The van der Waals surface area contributed by atoms with E-state index in [0.717, 1.165) is 10.5 Å². The van der Waals surface area contributed by atoms with Gasteiger partial charge in [0.2, 0.25) is 0 Å². The van der Waals surface area contributed by atoms with Crippen LogP contribution >= 0.6 is 15.9 Å². The molecule has 0 saturated heterocycles. The van der Waals surface area contributed by atoms with Gasteiger partial charge in [0.1, 0.15) is 11.4 Å². The molecule has 0 radical (unpaired) electrons. The van der Waals surface area contributed by atoms with E-state index < -0.39 is 11.7 Å². The number of hydrogen-bond donors (Lipinski definition) is 1. The van der Waals surface area contributed by atoms with Crippen molar-refractivity contribution < 1.29 is 13.6 Å². The maximum atomic E-state index is 12.8. The maximum Gasteiger partial charge on any atom is 0.291 e. The number of halogens is 2. The van der Waals surface area contributed by atoms with Gasteiger partial charge in [-0.2, -0.15) is 0 Å². The van der Waals surface area contributed by atoms with Crippen LogP contribution in [0.25, 0.3) is 11.0 Å². The molecule has 110 valence electrons. The molecule has 0 unspecified atom stereocenters. The number of benzene rings is 2. The Labute approximate surface area is 132 Å². The summed E-state index contributed by atoms with van der Waals surface area (Å²) in [6, 6.07) is 11.4. The molecule has 2 aromatic carbocycles. The second-order valence-corrected chi connectivity index (χ2v) is 5.49. The smallest absolute Gasteiger partial charge is 0.291 e. The second kappa shape index (κ2) is 5.73. The molecule has 0 spiro atoms. The number of hydrogen-bond acceptors (Lipinski definition) is 3. The van der Waals surface area contributed by atoms with Crippen LogP contribution in [0.15, 0.2) is 62.2 Å². The predicted molar refractivity (Wildman–Crippen MR) is 84.5 cm³/mol. The van der Waals surface area contributed by atoms with Gasteiger partial charge in [0, 0.05) is 16.2 Å². The van der Waals surface area contributed by atoms with Crippen molar-refractivity contribution in [2.45, 2.75) is 0 Å². The molecule has 0 saturated carbocycles. The van der Waals surface area contributed by atoms with E-state index >= 15 is 0 Å². The quantitative estimate of drug-likeness (QED) is 0.751. The molecular weight excluding hydrogens is 353 g/mol. The van der Waals surface area contributed by atoms with Crippen LogP contribution in [-0.2, 0) is 0 Å². The molecule has 1 amide bonds. The third-order valence-electron chi connectivity index (χ3n) is 3.02. The minimum absolute atomic E-state index is 0.107. The lowest BCUT2D eigenvalue weighted by atomic mass is 10.2. The number of rotatable bonds is 2. The Morgan fingerprint density at radius 2 is 1.82 bits per heavy atom. The van der Waals surface area contributed by atoms with Gasteiger partial charge < -0.3 is 9.73 Å². The SMILES string of the molecule is O=C(Nc1ccc(F)cc1)c1cc(=O)c2cc(Br)ccc2o1. The van der Waals surface area contributed by atoms with Crippen molar-refractivity contribution >= 4 is 38.5 Å². The van der Waals surface area contributed by atoms with Crippen LogP contribution in [0.5, 0.6) is 0 Å². The number of anilines is 1. The highest BCUT2D eigenvalue weighted by Crippen LogP contribution is 2.19. The van der Waals surface area contributed by atoms with E-state index in [-0.39, 0.29) is 11.2 Å². The first-order valence-electron chi connectivity index (χ1n) is 6.33. The molecule has 4 nitrogen and oxygen atoms in total. The van der Waals surface area contributed by atoms with Gasteiger partial charge >= 0.3 is 0 Å². The monoisotopic (exact) mass is 361 g/mol. The van der Waals surface area contributed by atoms with Gasteiger partial charge in [-0.3, -0.25) is 9.59 Å². The molecule has 1 N–H and O–H groups in total. The fourth-order valence-corrected chi connectivity index (χ4v) is 2.33. The Kier molecular flexibility index (Phi) is 3.77. The Bertz CT molecular complexity index is 919. The van der Waals surface area contributed by atoms with Crippen molar-refractivity contribution in [1.82, 2.24) is 0 Å². The van der Waals surface area contributed by atoms with Crippen LogP contribution in [0, 0.1) is 5.82 Å². The fraction of sp³-hybridized carbons (Fsp3) is 0. The standard InChI is InChI=1S/C16H9BrFNO3/c17-9-1-6-14-12(7-9)13(20)8-15(22-14)16(21)19-11-4-2-10(18)3-5-11/h1-8H,(H,19,21). The summed E-state index contributed by atoms with van der Waals surface area (Å²) in [5, 5.41) is 2.92. The average Bonchev–Trinajstić information content (AvgIpc) is 2.50. The molecule has 0 atom stereocenters. The zero-order valence-electron chi connectivity index (χ0n) is 11.1. The van der Waals surface area contributed by atoms with Crippen molar-refractivity contribution in [2.75, 3.05) is 5.32 Å². The second-order valence-electron chi connectivity index (χ2n) is 4.58. The topological polar surface area (TPSA) is 59.3 Å². The zero-order valence-corrected chi connectivity index (χ0v) is 12.7. The molecule has 0 aliphatic heterocycles. The average molecular weight is 362 g/mol. The molecule has 0 fully saturated rings. The van der Waals surface area contributed by atoms with E-state index in [4.69, 9.17) is 4.42 Å². The molecule has 3 rings (SSSR count). The van der Waals surface area contributed by atoms with Gasteiger partial charge in [-0.1, -0.05) is 15.9 Å². The summed E-state index contributed by atoms with van der Waals surface area (Å²) in [7, 11) is 0. The van der Waals surface area contributed by atoms with Crippen molar-refractivity contribution in [1.29, 1.82) is 0 Å². The summed E-state index contributed by atoms with van der Waals surface area (Å²) in [6.45, 7) is 0.